The molecule has 0 bridgehead atoms. The minimum atomic E-state index is -0.878. The predicted molar refractivity (Wildman–Crippen MR) is 82.1 cm³/mol. The van der Waals surface area contributed by atoms with Gasteiger partial charge in [0.1, 0.15) is 17.5 Å². The van der Waals surface area contributed by atoms with Crippen molar-refractivity contribution in [2.45, 2.75) is 12.8 Å². The smallest absolute Gasteiger partial charge is 0.255 e. The molecule has 2 amide bonds. The first kappa shape index (κ1) is 16.0. The minimum Gasteiger partial charge on any atom is -0.323 e. The topological polar surface area (TPSA) is 58.2 Å². The van der Waals surface area contributed by atoms with Gasteiger partial charge in [-0.15, -0.1) is 0 Å². The van der Waals surface area contributed by atoms with Gasteiger partial charge in [-0.1, -0.05) is 0 Å². The summed E-state index contributed by atoms with van der Waals surface area (Å²) in [5.41, 5.74) is -0.0762. The summed E-state index contributed by atoms with van der Waals surface area (Å²) in [4.78, 5) is 23.7. The number of rotatable bonds is 4. The van der Waals surface area contributed by atoms with E-state index in [1.54, 1.807) is 0 Å². The van der Waals surface area contributed by atoms with E-state index in [9.17, 15) is 22.8 Å². The molecule has 2 aromatic carbocycles. The Balaban J connectivity index is 1.76. The van der Waals surface area contributed by atoms with Crippen LogP contribution in [0.1, 0.15) is 23.2 Å². The van der Waals surface area contributed by atoms with Crippen LogP contribution in [0.4, 0.5) is 24.5 Å². The van der Waals surface area contributed by atoms with Gasteiger partial charge in [-0.05, 0) is 43.2 Å². The van der Waals surface area contributed by atoms with Crippen molar-refractivity contribution in [2.75, 3.05) is 10.6 Å². The maximum absolute atomic E-state index is 13.8. The number of hydrogen-bond donors (Lipinski definition) is 2. The van der Waals surface area contributed by atoms with E-state index < -0.39 is 23.4 Å². The number of nitrogens with one attached hydrogen (secondary N) is 2. The summed E-state index contributed by atoms with van der Waals surface area (Å²) in [7, 11) is 0. The molecule has 1 saturated carbocycles. The maximum Gasteiger partial charge on any atom is 0.255 e. The van der Waals surface area contributed by atoms with E-state index in [4.69, 9.17) is 0 Å². The molecule has 0 aliphatic heterocycles. The third-order valence-corrected chi connectivity index (χ3v) is 3.55. The molecule has 0 heterocycles. The molecule has 124 valence electrons. The molecule has 0 saturated heterocycles. The van der Waals surface area contributed by atoms with Gasteiger partial charge in [0.2, 0.25) is 5.91 Å². The molecule has 24 heavy (non-hydrogen) atoms. The van der Waals surface area contributed by atoms with Crippen LogP contribution in [0, 0.1) is 23.4 Å². The highest BCUT2D eigenvalue weighted by Crippen LogP contribution is 2.31. The summed E-state index contributed by atoms with van der Waals surface area (Å²) in [5.74, 6) is -3.52. The Morgan fingerprint density at radius 2 is 1.58 bits per heavy atom. The Morgan fingerprint density at radius 1 is 0.917 bits per heavy atom. The molecule has 0 aromatic heterocycles. The standard InChI is InChI=1S/C17H13F3N2O2/c18-11-5-10(6-12(19)7-11)17(24)21-13-3-4-14(20)15(8-13)22-16(23)9-1-2-9/h3-9H,1-2H2,(H,21,24)(H,22,23). The number of hydrogen-bond acceptors (Lipinski definition) is 2. The Labute approximate surface area is 135 Å². The molecule has 1 aliphatic rings. The summed E-state index contributed by atoms with van der Waals surface area (Å²) in [6.07, 6.45) is 1.55. The van der Waals surface area contributed by atoms with E-state index in [0.29, 0.717) is 6.07 Å². The van der Waals surface area contributed by atoms with Crippen LogP contribution in [0.3, 0.4) is 0 Å². The molecule has 0 unspecified atom stereocenters. The Kier molecular flexibility index (Phi) is 4.24. The monoisotopic (exact) mass is 334 g/mol. The normalized spacial score (nSPS) is 13.5. The SMILES string of the molecule is O=C(Nc1ccc(F)c(NC(=O)C2CC2)c1)c1cc(F)cc(F)c1. The molecule has 2 aromatic rings. The summed E-state index contributed by atoms with van der Waals surface area (Å²) >= 11 is 0. The van der Waals surface area contributed by atoms with Crippen LogP contribution < -0.4 is 10.6 Å². The second-order valence-corrected chi connectivity index (χ2v) is 5.57. The maximum atomic E-state index is 13.8. The van der Waals surface area contributed by atoms with Gasteiger partial charge in [0, 0.05) is 23.2 Å². The van der Waals surface area contributed by atoms with Gasteiger partial charge in [0.25, 0.3) is 5.91 Å². The Morgan fingerprint density at radius 3 is 2.21 bits per heavy atom. The Hall–Kier alpha value is -2.83. The van der Waals surface area contributed by atoms with E-state index in [2.05, 4.69) is 10.6 Å². The van der Waals surface area contributed by atoms with Crippen molar-refractivity contribution in [3.05, 3.63) is 59.4 Å². The highest BCUT2D eigenvalue weighted by Gasteiger charge is 2.30. The van der Waals surface area contributed by atoms with Crippen molar-refractivity contribution < 1.29 is 22.8 Å². The lowest BCUT2D eigenvalue weighted by Gasteiger charge is -2.10. The van der Waals surface area contributed by atoms with Gasteiger partial charge < -0.3 is 10.6 Å². The summed E-state index contributed by atoms with van der Waals surface area (Å²) in [6.45, 7) is 0. The van der Waals surface area contributed by atoms with Crippen molar-refractivity contribution in [1.82, 2.24) is 0 Å². The molecule has 0 radical (unpaired) electrons. The quantitative estimate of drug-likeness (QED) is 0.896. The van der Waals surface area contributed by atoms with Crippen molar-refractivity contribution in [1.29, 1.82) is 0 Å². The highest BCUT2D eigenvalue weighted by atomic mass is 19.1. The van der Waals surface area contributed by atoms with Gasteiger partial charge >= 0.3 is 0 Å². The van der Waals surface area contributed by atoms with Gasteiger partial charge in [-0.2, -0.15) is 0 Å². The fourth-order valence-electron chi connectivity index (χ4n) is 2.17. The second-order valence-electron chi connectivity index (χ2n) is 5.57. The number of anilines is 2. The molecule has 0 atom stereocenters. The lowest BCUT2D eigenvalue weighted by molar-refractivity contribution is -0.117. The summed E-state index contributed by atoms with van der Waals surface area (Å²) in [5, 5.41) is 4.87. The third kappa shape index (κ3) is 3.73. The zero-order valence-electron chi connectivity index (χ0n) is 12.4. The molecule has 3 rings (SSSR count). The molecule has 4 nitrogen and oxygen atoms in total. The first-order valence-electron chi connectivity index (χ1n) is 7.30. The van der Waals surface area contributed by atoms with Gasteiger partial charge in [0.15, 0.2) is 0 Å². The van der Waals surface area contributed by atoms with Gasteiger partial charge in [-0.3, -0.25) is 9.59 Å². The molecule has 2 N–H and O–H groups in total. The van der Waals surface area contributed by atoms with Crippen LogP contribution in [0.5, 0.6) is 0 Å². The van der Waals surface area contributed by atoms with E-state index in [1.807, 2.05) is 0 Å². The minimum absolute atomic E-state index is 0.0601. The predicted octanol–water partition coefficient (Wildman–Crippen LogP) is 3.70. The number of carbonyl (C=O) groups is 2. The van der Waals surface area contributed by atoms with Crippen LogP contribution in [0.25, 0.3) is 0 Å². The lowest BCUT2D eigenvalue weighted by Crippen LogP contribution is -2.16. The average Bonchev–Trinajstić information content (AvgIpc) is 3.34. The second kappa shape index (κ2) is 6.35. The van der Waals surface area contributed by atoms with Crippen molar-refractivity contribution in [2.24, 2.45) is 5.92 Å². The molecular weight excluding hydrogens is 321 g/mol. The molecule has 7 heteroatoms. The van der Waals surface area contributed by atoms with Crippen molar-refractivity contribution in [3.63, 3.8) is 0 Å². The van der Waals surface area contributed by atoms with E-state index >= 15 is 0 Å². The van der Waals surface area contributed by atoms with E-state index in [1.165, 1.54) is 12.1 Å². The van der Waals surface area contributed by atoms with Crippen molar-refractivity contribution >= 4 is 23.2 Å². The van der Waals surface area contributed by atoms with Crippen LogP contribution in [0.15, 0.2) is 36.4 Å². The van der Waals surface area contributed by atoms with Crippen LogP contribution in [-0.2, 0) is 4.79 Å². The van der Waals surface area contributed by atoms with Crippen LogP contribution in [0.2, 0.25) is 0 Å². The first-order valence-corrected chi connectivity index (χ1v) is 7.30. The summed E-state index contributed by atoms with van der Waals surface area (Å²) in [6, 6.07) is 6.05. The van der Waals surface area contributed by atoms with Gasteiger partial charge in [0.05, 0.1) is 5.69 Å². The van der Waals surface area contributed by atoms with E-state index in [0.717, 1.165) is 31.0 Å². The van der Waals surface area contributed by atoms with Crippen LogP contribution in [-0.4, -0.2) is 11.8 Å². The van der Waals surface area contributed by atoms with E-state index in [-0.39, 0.29) is 28.8 Å². The van der Waals surface area contributed by atoms with Gasteiger partial charge in [-0.25, -0.2) is 13.2 Å². The number of carbonyl (C=O) groups excluding carboxylic acids is 2. The number of halogens is 3. The van der Waals surface area contributed by atoms with Crippen LogP contribution >= 0.6 is 0 Å². The zero-order chi connectivity index (χ0) is 17.3. The molecule has 0 spiro atoms. The largest absolute Gasteiger partial charge is 0.323 e. The first-order chi connectivity index (χ1) is 11.4. The molecular formula is C17H13F3N2O2. The fourth-order valence-corrected chi connectivity index (χ4v) is 2.17. The number of amides is 2. The number of benzene rings is 2. The van der Waals surface area contributed by atoms with Crippen molar-refractivity contribution in [3.8, 4) is 0 Å². The highest BCUT2D eigenvalue weighted by molar-refractivity contribution is 6.04. The average molecular weight is 334 g/mol. The molecule has 1 fully saturated rings. The summed E-state index contributed by atoms with van der Waals surface area (Å²) < 4.78 is 40.1. The molecule has 1 aliphatic carbocycles. The zero-order valence-corrected chi connectivity index (χ0v) is 12.4. The fraction of sp³-hybridized carbons (Fsp3) is 0.176. The third-order valence-electron chi connectivity index (χ3n) is 3.55. The lowest BCUT2D eigenvalue weighted by atomic mass is 10.2. The Bertz CT molecular complexity index is 799.